The van der Waals surface area contributed by atoms with Gasteiger partial charge in [0.15, 0.2) is 34.0 Å². The molecule has 0 bridgehead atoms. The fourth-order valence-corrected chi connectivity index (χ4v) is 4.01. The van der Waals surface area contributed by atoms with E-state index in [9.17, 15) is 4.79 Å². The third-order valence-electron chi connectivity index (χ3n) is 4.83. The monoisotopic (exact) mass is 485 g/mol. The highest BCUT2D eigenvalue weighted by atomic mass is 32.2. The zero-order valence-corrected chi connectivity index (χ0v) is 20.5. The minimum absolute atomic E-state index is 0.122. The number of thioether (sulfide) groups is 1. The van der Waals surface area contributed by atoms with Crippen LogP contribution in [0.1, 0.15) is 12.5 Å². The van der Waals surface area contributed by atoms with Crippen LogP contribution in [-0.2, 0) is 11.3 Å². The van der Waals surface area contributed by atoms with Crippen molar-refractivity contribution in [3.63, 3.8) is 0 Å². The molecule has 1 aromatic heterocycles. The Morgan fingerprint density at radius 1 is 1.03 bits per heavy atom. The predicted molar refractivity (Wildman–Crippen MR) is 130 cm³/mol. The summed E-state index contributed by atoms with van der Waals surface area (Å²) in [5.41, 5.74) is 4.03. The van der Waals surface area contributed by atoms with Crippen LogP contribution in [0.2, 0.25) is 0 Å². The van der Waals surface area contributed by atoms with Crippen LogP contribution in [0, 0.1) is 0 Å². The van der Waals surface area contributed by atoms with Gasteiger partial charge in [-0.25, -0.2) is 5.43 Å². The molecule has 10 nitrogen and oxygen atoms in total. The van der Waals surface area contributed by atoms with Gasteiger partial charge >= 0.3 is 0 Å². The van der Waals surface area contributed by atoms with E-state index in [1.165, 1.54) is 18.0 Å². The van der Waals surface area contributed by atoms with Gasteiger partial charge in [0.2, 0.25) is 0 Å². The van der Waals surface area contributed by atoms with Crippen molar-refractivity contribution in [2.45, 2.75) is 18.6 Å². The first-order valence-corrected chi connectivity index (χ1v) is 11.4. The number of ether oxygens (including phenoxy) is 4. The Morgan fingerprint density at radius 3 is 2.47 bits per heavy atom. The van der Waals surface area contributed by atoms with Crippen LogP contribution in [0.4, 0.5) is 0 Å². The molecule has 180 valence electrons. The molecule has 0 radical (unpaired) electrons. The highest BCUT2D eigenvalue weighted by molar-refractivity contribution is 7.99. The van der Waals surface area contributed by atoms with Gasteiger partial charge in [-0.15, -0.1) is 10.2 Å². The molecule has 1 heterocycles. The quantitative estimate of drug-likeness (QED) is 0.250. The maximum absolute atomic E-state index is 12.3. The number of hydrogen-bond acceptors (Lipinski definition) is 9. The smallest absolute Gasteiger partial charge is 0.250 e. The molecule has 3 rings (SSSR count). The van der Waals surface area contributed by atoms with Gasteiger partial charge in [0.05, 0.1) is 40.4 Å². The van der Waals surface area contributed by atoms with Crippen LogP contribution in [-0.4, -0.2) is 61.1 Å². The Morgan fingerprint density at radius 2 is 1.79 bits per heavy atom. The van der Waals surface area contributed by atoms with Crippen molar-refractivity contribution in [2.24, 2.45) is 5.10 Å². The molecule has 2 aromatic carbocycles. The maximum Gasteiger partial charge on any atom is 0.250 e. The van der Waals surface area contributed by atoms with Crippen LogP contribution in [0.25, 0.3) is 11.4 Å². The number of rotatable bonds is 11. The summed E-state index contributed by atoms with van der Waals surface area (Å²) in [6, 6.07) is 11.0. The van der Waals surface area contributed by atoms with Crippen LogP contribution in [0.3, 0.4) is 0 Å². The van der Waals surface area contributed by atoms with Crippen molar-refractivity contribution in [3.05, 3.63) is 42.0 Å². The van der Waals surface area contributed by atoms with E-state index in [0.717, 1.165) is 5.56 Å². The summed E-state index contributed by atoms with van der Waals surface area (Å²) in [6.07, 6.45) is 1.51. The molecule has 0 aliphatic rings. The lowest BCUT2D eigenvalue weighted by molar-refractivity contribution is -0.118. The number of hydrogen-bond donors (Lipinski definition) is 1. The first-order valence-electron chi connectivity index (χ1n) is 10.4. The Balaban J connectivity index is 1.66. The summed E-state index contributed by atoms with van der Waals surface area (Å²) in [5, 5.41) is 13.2. The van der Waals surface area contributed by atoms with E-state index in [0.29, 0.717) is 46.1 Å². The second-order valence-corrected chi connectivity index (χ2v) is 7.73. The zero-order chi connectivity index (χ0) is 24.5. The molecular weight excluding hydrogens is 458 g/mol. The van der Waals surface area contributed by atoms with E-state index >= 15 is 0 Å². The lowest BCUT2D eigenvalue weighted by atomic mass is 10.2. The fraction of sp³-hybridized carbons (Fsp3) is 0.304. The van der Waals surface area contributed by atoms with Gasteiger partial charge in [-0.1, -0.05) is 17.8 Å². The standard InChI is InChI=1S/C23H27N5O5S/c1-6-28-22(15-10-11-17(30-2)19(12-15)32-4)26-27-23(28)34-14-20(29)25-24-13-16-8-7-9-18(31-3)21(16)33-5/h7-13H,6,14H2,1-5H3,(H,25,29)/b24-13+. The lowest BCUT2D eigenvalue weighted by Crippen LogP contribution is -2.20. The fourth-order valence-electron chi connectivity index (χ4n) is 3.22. The number of hydrazone groups is 1. The molecule has 34 heavy (non-hydrogen) atoms. The number of benzene rings is 2. The molecule has 0 aliphatic carbocycles. The summed E-state index contributed by atoms with van der Waals surface area (Å²) in [6.45, 7) is 2.62. The number of nitrogens with one attached hydrogen (secondary N) is 1. The molecule has 3 aromatic rings. The third-order valence-corrected chi connectivity index (χ3v) is 5.80. The Kier molecular flexibility index (Phi) is 8.74. The zero-order valence-electron chi connectivity index (χ0n) is 19.7. The van der Waals surface area contributed by atoms with Gasteiger partial charge in [-0.2, -0.15) is 5.10 Å². The van der Waals surface area contributed by atoms with E-state index < -0.39 is 0 Å². The van der Waals surface area contributed by atoms with Gasteiger partial charge in [-0.3, -0.25) is 4.79 Å². The molecule has 0 saturated heterocycles. The average Bonchev–Trinajstić information content (AvgIpc) is 3.29. The molecule has 1 amide bonds. The number of para-hydroxylation sites is 1. The highest BCUT2D eigenvalue weighted by Crippen LogP contribution is 2.33. The topological polar surface area (TPSA) is 109 Å². The van der Waals surface area contributed by atoms with Gasteiger partial charge < -0.3 is 23.5 Å². The largest absolute Gasteiger partial charge is 0.493 e. The van der Waals surface area contributed by atoms with E-state index in [1.807, 2.05) is 41.8 Å². The first-order chi connectivity index (χ1) is 16.6. The number of nitrogens with zero attached hydrogens (tertiary/aromatic N) is 4. The molecule has 1 N–H and O–H groups in total. The molecule has 0 atom stereocenters. The summed E-state index contributed by atoms with van der Waals surface area (Å²) >= 11 is 1.28. The molecule has 0 spiro atoms. The van der Waals surface area contributed by atoms with Crippen molar-refractivity contribution >= 4 is 23.9 Å². The molecule has 0 unspecified atom stereocenters. The van der Waals surface area contributed by atoms with Crippen molar-refractivity contribution in [2.75, 3.05) is 34.2 Å². The number of amides is 1. The van der Waals surface area contributed by atoms with Gasteiger partial charge in [-0.05, 0) is 37.3 Å². The first kappa shape index (κ1) is 24.9. The maximum atomic E-state index is 12.3. The number of carbonyl (C=O) groups excluding carboxylic acids is 1. The summed E-state index contributed by atoms with van der Waals surface area (Å²) in [4.78, 5) is 12.3. The Bertz CT molecular complexity index is 1160. The molecule has 0 aliphatic heterocycles. The van der Waals surface area contributed by atoms with Crippen molar-refractivity contribution in [1.82, 2.24) is 20.2 Å². The summed E-state index contributed by atoms with van der Waals surface area (Å²) in [5.74, 6) is 2.87. The van der Waals surface area contributed by atoms with E-state index in [4.69, 9.17) is 18.9 Å². The van der Waals surface area contributed by atoms with Crippen molar-refractivity contribution in [3.8, 4) is 34.4 Å². The SMILES string of the molecule is CCn1c(SCC(=O)N/N=C/c2cccc(OC)c2OC)nnc1-c1ccc(OC)c(OC)c1. The van der Waals surface area contributed by atoms with Gasteiger partial charge in [0.25, 0.3) is 5.91 Å². The average molecular weight is 486 g/mol. The van der Waals surface area contributed by atoms with E-state index in [-0.39, 0.29) is 11.7 Å². The minimum Gasteiger partial charge on any atom is -0.493 e. The third kappa shape index (κ3) is 5.60. The van der Waals surface area contributed by atoms with Gasteiger partial charge in [0, 0.05) is 17.7 Å². The molecule has 0 saturated carbocycles. The minimum atomic E-state index is -0.276. The highest BCUT2D eigenvalue weighted by Gasteiger charge is 2.16. The van der Waals surface area contributed by atoms with Crippen molar-refractivity contribution in [1.29, 1.82) is 0 Å². The second kappa shape index (κ2) is 11.9. The normalized spacial score (nSPS) is 10.9. The number of aromatic nitrogens is 3. The lowest BCUT2D eigenvalue weighted by Gasteiger charge is -2.11. The van der Waals surface area contributed by atoms with Gasteiger partial charge in [0.1, 0.15) is 0 Å². The van der Waals surface area contributed by atoms with Crippen LogP contribution in [0.15, 0.2) is 46.7 Å². The van der Waals surface area contributed by atoms with E-state index in [2.05, 4.69) is 20.7 Å². The molecule has 11 heteroatoms. The number of methoxy groups -OCH3 is 4. The summed E-state index contributed by atoms with van der Waals surface area (Å²) < 4.78 is 23.2. The van der Waals surface area contributed by atoms with Crippen molar-refractivity contribution < 1.29 is 23.7 Å². The van der Waals surface area contributed by atoms with Crippen LogP contribution in [0.5, 0.6) is 23.0 Å². The second-order valence-electron chi connectivity index (χ2n) is 6.78. The van der Waals surface area contributed by atoms with E-state index in [1.54, 1.807) is 34.5 Å². The number of carbonyl (C=O) groups is 1. The molecular formula is C23H27N5O5S. The summed E-state index contributed by atoms with van der Waals surface area (Å²) in [7, 11) is 6.27. The Labute approximate surface area is 202 Å². The Hall–Kier alpha value is -3.73. The van der Waals surface area contributed by atoms with Crippen LogP contribution < -0.4 is 24.4 Å². The molecule has 0 fully saturated rings. The van der Waals surface area contributed by atoms with Crippen LogP contribution >= 0.6 is 11.8 Å². The predicted octanol–water partition coefficient (Wildman–Crippen LogP) is 3.24.